The van der Waals surface area contributed by atoms with Crippen LogP contribution in [0.15, 0.2) is 12.7 Å². The number of ether oxygens (including phenoxy) is 1. The molecule has 0 bridgehead atoms. The number of hydrogen-bond acceptors (Lipinski definition) is 7. The van der Waals surface area contributed by atoms with E-state index in [1.54, 1.807) is 6.33 Å². The topological polar surface area (TPSA) is 85.3 Å². The third-order valence-electron chi connectivity index (χ3n) is 5.99. The maximum absolute atomic E-state index is 6.30. The van der Waals surface area contributed by atoms with E-state index >= 15 is 0 Å². The summed E-state index contributed by atoms with van der Waals surface area (Å²) in [6, 6.07) is 0. The number of nitrogen functional groups attached to an aromatic ring is 1. The van der Waals surface area contributed by atoms with Crippen molar-refractivity contribution in [1.82, 2.24) is 29.3 Å². The summed E-state index contributed by atoms with van der Waals surface area (Å²) < 4.78 is 8.30. The number of anilines is 1. The highest BCUT2D eigenvalue weighted by atomic mass is 16.5. The van der Waals surface area contributed by atoms with Crippen molar-refractivity contribution in [2.75, 3.05) is 45.5 Å². The van der Waals surface area contributed by atoms with E-state index in [0.717, 1.165) is 25.0 Å². The summed E-state index contributed by atoms with van der Waals surface area (Å²) >= 11 is 0. The van der Waals surface area contributed by atoms with E-state index in [4.69, 9.17) is 10.5 Å². The van der Waals surface area contributed by atoms with Gasteiger partial charge in [0.05, 0.1) is 12.4 Å². The molecule has 3 saturated heterocycles. The van der Waals surface area contributed by atoms with Crippen molar-refractivity contribution in [3.8, 4) is 0 Å². The van der Waals surface area contributed by atoms with Crippen LogP contribution in [0.2, 0.25) is 0 Å². The Morgan fingerprint density at radius 3 is 2.92 bits per heavy atom. The molecule has 5 heterocycles. The van der Waals surface area contributed by atoms with Crippen LogP contribution in [-0.4, -0.2) is 75.2 Å². The SMILES string of the molecule is CN1CCC2(C1)CN(CC1CCC(n3cnc4c(N)ncnc43)O1)C2. The quantitative estimate of drug-likeness (QED) is 0.879. The molecule has 8 heteroatoms. The lowest BCUT2D eigenvalue weighted by Crippen LogP contribution is -2.58. The molecule has 0 radical (unpaired) electrons. The number of nitrogens with zero attached hydrogens (tertiary/aromatic N) is 6. The highest BCUT2D eigenvalue weighted by molar-refractivity contribution is 5.81. The smallest absolute Gasteiger partial charge is 0.167 e. The van der Waals surface area contributed by atoms with Crippen LogP contribution in [0.1, 0.15) is 25.5 Å². The number of hydrogen-bond donors (Lipinski definition) is 1. The van der Waals surface area contributed by atoms with Crippen LogP contribution in [0.5, 0.6) is 0 Å². The zero-order valence-electron chi connectivity index (χ0n) is 14.6. The molecular weight excluding hydrogens is 318 g/mol. The molecule has 2 unspecified atom stereocenters. The minimum atomic E-state index is -0.00264. The van der Waals surface area contributed by atoms with Crippen LogP contribution < -0.4 is 5.73 Å². The van der Waals surface area contributed by atoms with E-state index in [1.807, 2.05) is 4.57 Å². The Balaban J connectivity index is 1.21. The largest absolute Gasteiger partial charge is 0.382 e. The normalized spacial score (nSPS) is 29.6. The first-order valence-corrected chi connectivity index (χ1v) is 9.11. The molecule has 0 aliphatic carbocycles. The van der Waals surface area contributed by atoms with Gasteiger partial charge in [0.1, 0.15) is 18.1 Å². The summed E-state index contributed by atoms with van der Waals surface area (Å²) in [5.74, 6) is 0.422. The van der Waals surface area contributed by atoms with Crippen LogP contribution in [0.25, 0.3) is 11.2 Å². The second kappa shape index (κ2) is 5.62. The molecule has 8 nitrogen and oxygen atoms in total. The molecule has 0 saturated carbocycles. The highest BCUT2D eigenvalue weighted by Crippen LogP contribution is 2.40. The maximum atomic E-state index is 6.30. The first-order valence-electron chi connectivity index (χ1n) is 9.11. The zero-order valence-corrected chi connectivity index (χ0v) is 14.6. The van der Waals surface area contributed by atoms with Crippen molar-refractivity contribution < 1.29 is 4.74 Å². The van der Waals surface area contributed by atoms with Gasteiger partial charge in [-0.05, 0) is 32.9 Å². The molecule has 3 fully saturated rings. The van der Waals surface area contributed by atoms with Crippen molar-refractivity contribution in [2.45, 2.75) is 31.6 Å². The van der Waals surface area contributed by atoms with Gasteiger partial charge in [-0.2, -0.15) is 0 Å². The van der Waals surface area contributed by atoms with Crippen molar-refractivity contribution in [1.29, 1.82) is 0 Å². The molecule has 134 valence electrons. The van der Waals surface area contributed by atoms with Crippen LogP contribution in [0.3, 0.4) is 0 Å². The Kier molecular flexibility index (Phi) is 3.48. The highest BCUT2D eigenvalue weighted by Gasteiger charge is 2.47. The Morgan fingerprint density at radius 2 is 2.12 bits per heavy atom. The molecule has 0 amide bonds. The lowest BCUT2D eigenvalue weighted by atomic mass is 9.79. The minimum absolute atomic E-state index is 0.00264. The van der Waals surface area contributed by atoms with Gasteiger partial charge in [-0.1, -0.05) is 0 Å². The van der Waals surface area contributed by atoms with Crippen molar-refractivity contribution in [3.05, 3.63) is 12.7 Å². The molecule has 5 rings (SSSR count). The van der Waals surface area contributed by atoms with E-state index in [9.17, 15) is 0 Å². The van der Waals surface area contributed by atoms with E-state index in [-0.39, 0.29) is 12.3 Å². The zero-order chi connectivity index (χ0) is 17.0. The van der Waals surface area contributed by atoms with E-state index in [0.29, 0.717) is 16.7 Å². The summed E-state index contributed by atoms with van der Waals surface area (Å²) in [5.41, 5.74) is 7.85. The van der Waals surface area contributed by atoms with Gasteiger partial charge in [0.2, 0.25) is 0 Å². The minimum Gasteiger partial charge on any atom is -0.382 e. The number of nitrogens with two attached hydrogens (primary N) is 1. The molecule has 2 atom stereocenters. The summed E-state index contributed by atoms with van der Waals surface area (Å²) in [7, 11) is 2.23. The number of fused-ring (bicyclic) bond motifs is 1. The molecule has 1 spiro atoms. The van der Waals surface area contributed by atoms with Crippen molar-refractivity contribution in [2.24, 2.45) is 5.41 Å². The second-order valence-corrected chi connectivity index (χ2v) is 8.03. The average Bonchev–Trinajstić information content (AvgIpc) is 3.25. The summed E-state index contributed by atoms with van der Waals surface area (Å²) in [5, 5.41) is 0. The molecule has 2 N–H and O–H groups in total. The first kappa shape index (κ1) is 15.5. The fourth-order valence-electron chi connectivity index (χ4n) is 4.84. The van der Waals surface area contributed by atoms with Crippen LogP contribution in [0, 0.1) is 5.41 Å². The molecule has 3 aliphatic rings. The fourth-order valence-corrected chi connectivity index (χ4v) is 4.84. The van der Waals surface area contributed by atoms with Gasteiger partial charge in [0.15, 0.2) is 11.5 Å². The van der Waals surface area contributed by atoms with Gasteiger partial charge >= 0.3 is 0 Å². The summed E-state index contributed by atoms with van der Waals surface area (Å²) in [6.45, 7) is 5.97. The second-order valence-electron chi connectivity index (χ2n) is 8.03. The van der Waals surface area contributed by atoms with E-state index in [2.05, 4.69) is 31.8 Å². The van der Waals surface area contributed by atoms with E-state index in [1.165, 1.54) is 38.9 Å². The lowest BCUT2D eigenvalue weighted by Gasteiger charge is -2.49. The third kappa shape index (κ3) is 2.59. The van der Waals surface area contributed by atoms with Crippen molar-refractivity contribution >= 4 is 17.0 Å². The van der Waals surface area contributed by atoms with Crippen LogP contribution in [-0.2, 0) is 4.74 Å². The number of imidazole rings is 1. The van der Waals surface area contributed by atoms with Gasteiger partial charge in [-0.15, -0.1) is 0 Å². The van der Waals surface area contributed by atoms with Gasteiger partial charge < -0.3 is 15.4 Å². The van der Waals surface area contributed by atoms with Gasteiger partial charge in [-0.25, -0.2) is 15.0 Å². The number of aromatic nitrogens is 4. The molecular formula is C17H25N7O. The van der Waals surface area contributed by atoms with Crippen molar-refractivity contribution in [3.63, 3.8) is 0 Å². The van der Waals surface area contributed by atoms with Crippen LogP contribution in [0.4, 0.5) is 5.82 Å². The molecule has 2 aromatic rings. The fraction of sp³-hybridized carbons (Fsp3) is 0.706. The Morgan fingerprint density at radius 1 is 1.24 bits per heavy atom. The predicted molar refractivity (Wildman–Crippen MR) is 93.9 cm³/mol. The van der Waals surface area contributed by atoms with Gasteiger partial charge in [0.25, 0.3) is 0 Å². The third-order valence-corrected chi connectivity index (χ3v) is 5.99. The molecule has 2 aromatic heterocycles. The van der Waals surface area contributed by atoms with Gasteiger partial charge in [0, 0.05) is 31.6 Å². The predicted octanol–water partition coefficient (Wildman–Crippen LogP) is 0.724. The maximum Gasteiger partial charge on any atom is 0.167 e. The Bertz CT molecular complexity index is 784. The summed E-state index contributed by atoms with van der Waals surface area (Å²) in [4.78, 5) is 17.7. The summed E-state index contributed by atoms with van der Waals surface area (Å²) in [6.07, 6.45) is 6.96. The average molecular weight is 343 g/mol. The number of likely N-dealkylation sites (tertiary alicyclic amines) is 2. The Hall–Kier alpha value is -1.77. The molecule has 3 aliphatic heterocycles. The molecule has 25 heavy (non-hydrogen) atoms. The Labute approximate surface area is 147 Å². The monoisotopic (exact) mass is 343 g/mol. The van der Waals surface area contributed by atoms with E-state index < -0.39 is 0 Å². The first-order chi connectivity index (χ1) is 12.1. The van der Waals surface area contributed by atoms with Gasteiger partial charge in [-0.3, -0.25) is 9.47 Å². The lowest BCUT2D eigenvalue weighted by molar-refractivity contribution is -0.0546. The number of rotatable bonds is 3. The molecule has 0 aromatic carbocycles. The van der Waals surface area contributed by atoms with Crippen LogP contribution >= 0.6 is 0 Å². The standard InChI is InChI=1S/C17H25N7O/c1-22-5-4-17(7-22)8-23(9-17)6-12-2-3-13(25-12)24-11-21-14-15(18)19-10-20-16(14)24/h10-13H,2-9H2,1H3,(H2,18,19,20).